The first-order valence-corrected chi connectivity index (χ1v) is 19.4. The van der Waals surface area contributed by atoms with Crippen LogP contribution in [0, 0.1) is 0 Å². The van der Waals surface area contributed by atoms with Gasteiger partial charge in [-0.25, -0.2) is 0 Å². The fraction of sp³-hybridized carbons (Fsp3) is 0.778. The largest absolute Gasteiger partial charge is 0.414 e. The van der Waals surface area contributed by atoms with Crippen LogP contribution in [0.25, 0.3) is 0 Å². The molecular weight excluding hydrogens is 522 g/mol. The van der Waals surface area contributed by atoms with Gasteiger partial charge in [-0.2, -0.15) is 0 Å². The third-order valence-corrected chi connectivity index (χ3v) is 18.9. The van der Waals surface area contributed by atoms with Gasteiger partial charge in [-0.15, -0.1) is 0 Å². The molecule has 3 rings (SSSR count). The van der Waals surface area contributed by atoms with Crippen molar-refractivity contribution in [3.8, 4) is 0 Å². The van der Waals surface area contributed by atoms with Gasteiger partial charge in [0.05, 0.1) is 24.4 Å². The normalized spacial score (nSPS) is 28.4. The molecule has 2 unspecified atom stereocenters. The molecule has 2 atom stereocenters. The van der Waals surface area contributed by atoms with E-state index in [1.54, 1.807) is 0 Å². The van der Waals surface area contributed by atoms with Crippen molar-refractivity contribution in [3.05, 3.63) is 28.2 Å². The summed E-state index contributed by atoms with van der Waals surface area (Å²) in [5.74, 6) is 0.402. The Morgan fingerprint density at radius 1 is 0.912 bits per heavy atom. The van der Waals surface area contributed by atoms with Gasteiger partial charge in [0.25, 0.3) is 0 Å². The van der Waals surface area contributed by atoms with E-state index in [0.29, 0.717) is 19.1 Å². The molecule has 0 aliphatic carbocycles. The molecule has 0 spiro atoms. The van der Waals surface area contributed by atoms with E-state index in [1.807, 2.05) is 6.07 Å². The minimum atomic E-state index is -1.88. The van der Waals surface area contributed by atoms with Crippen LogP contribution in [0.4, 0.5) is 5.69 Å². The van der Waals surface area contributed by atoms with Gasteiger partial charge in [0.1, 0.15) is 0 Å². The van der Waals surface area contributed by atoms with Crippen LogP contribution in [0.1, 0.15) is 78.7 Å². The lowest BCUT2D eigenvalue weighted by Crippen LogP contribution is -2.53. The summed E-state index contributed by atoms with van der Waals surface area (Å²) >= 11 is 3.65. The second-order valence-corrected chi connectivity index (χ2v) is 24.4. The van der Waals surface area contributed by atoms with Crippen LogP contribution < -0.4 is 5.73 Å². The number of fused-ring (bicyclic) bond motifs is 2. The average Bonchev–Trinajstić information content (AvgIpc) is 2.97. The lowest BCUT2D eigenvalue weighted by atomic mass is 9.80. The van der Waals surface area contributed by atoms with Crippen LogP contribution >= 0.6 is 15.9 Å². The highest BCUT2D eigenvalue weighted by molar-refractivity contribution is 9.10. The smallest absolute Gasteiger partial charge is 0.192 e. The Morgan fingerprint density at radius 3 is 1.74 bits per heavy atom. The minimum Gasteiger partial charge on any atom is -0.414 e. The molecule has 0 saturated carbocycles. The molecule has 1 aromatic rings. The molecule has 2 N–H and O–H groups in total. The maximum atomic E-state index is 7.05. The first-order valence-electron chi connectivity index (χ1n) is 12.8. The summed E-state index contributed by atoms with van der Waals surface area (Å²) in [6.07, 6.45) is 4.05. The summed E-state index contributed by atoms with van der Waals surface area (Å²) in [6, 6.07) is 6.42. The predicted octanol–water partition coefficient (Wildman–Crippen LogP) is 8.24. The molecule has 2 heterocycles. The molecule has 194 valence electrons. The van der Waals surface area contributed by atoms with Crippen molar-refractivity contribution < 1.29 is 13.6 Å². The van der Waals surface area contributed by atoms with E-state index >= 15 is 0 Å². The molecule has 0 amide bonds. The summed E-state index contributed by atoms with van der Waals surface area (Å²) in [5, 5.41) is 0.362. The number of nitrogens with two attached hydrogens (primary N) is 1. The number of hydrogen-bond donors (Lipinski definition) is 1. The zero-order valence-corrected chi connectivity index (χ0v) is 26.8. The molecule has 0 aromatic heterocycles. The number of halogens is 1. The van der Waals surface area contributed by atoms with Gasteiger partial charge in [-0.3, -0.25) is 0 Å². The lowest BCUT2D eigenvalue weighted by molar-refractivity contribution is -0.173. The van der Waals surface area contributed by atoms with Gasteiger partial charge in [0.2, 0.25) is 0 Å². The van der Waals surface area contributed by atoms with Crippen molar-refractivity contribution in [2.24, 2.45) is 0 Å². The number of anilines is 1. The monoisotopic (exact) mass is 569 g/mol. The SMILES string of the molecule is CC(C)(C)[Si](C)(C)OCC12CCC(CO[Si](C)(C)C(C)(C)C)(CC(c3ccc(N)c(Br)c3)C1)O2. The quantitative estimate of drug-likeness (QED) is 0.265. The average molecular weight is 571 g/mol. The first kappa shape index (κ1) is 28.4. The highest BCUT2D eigenvalue weighted by Crippen LogP contribution is 2.55. The van der Waals surface area contributed by atoms with Crippen molar-refractivity contribution in [3.63, 3.8) is 0 Å². The summed E-state index contributed by atoms with van der Waals surface area (Å²) in [5.41, 5.74) is 7.73. The Morgan fingerprint density at radius 2 is 1.35 bits per heavy atom. The molecule has 0 radical (unpaired) electrons. The number of rotatable bonds is 7. The fourth-order valence-electron chi connectivity index (χ4n) is 4.69. The number of hydrogen-bond acceptors (Lipinski definition) is 4. The van der Waals surface area contributed by atoms with E-state index in [4.69, 9.17) is 19.3 Å². The summed E-state index contributed by atoms with van der Waals surface area (Å²) in [4.78, 5) is 0. The van der Waals surface area contributed by atoms with Gasteiger partial charge < -0.3 is 19.3 Å². The molecule has 2 saturated heterocycles. The molecule has 2 fully saturated rings. The van der Waals surface area contributed by atoms with Crippen LogP contribution in [0.15, 0.2) is 22.7 Å². The molecular formula is C27H48BrNO3Si2. The fourth-order valence-corrected chi connectivity index (χ4v) is 7.20. The number of ether oxygens (including phenoxy) is 1. The highest BCUT2D eigenvalue weighted by atomic mass is 79.9. The molecule has 4 nitrogen and oxygen atoms in total. The number of nitrogen functional groups attached to an aromatic ring is 1. The van der Waals surface area contributed by atoms with E-state index in [9.17, 15) is 0 Å². The zero-order chi connectivity index (χ0) is 25.8. The van der Waals surface area contributed by atoms with E-state index < -0.39 is 16.6 Å². The minimum absolute atomic E-state index is 0.181. The van der Waals surface area contributed by atoms with Gasteiger partial charge in [-0.05, 0) is 101 Å². The van der Waals surface area contributed by atoms with E-state index in [-0.39, 0.29) is 21.3 Å². The summed E-state index contributed by atoms with van der Waals surface area (Å²) in [7, 11) is -3.75. The van der Waals surface area contributed by atoms with Crippen molar-refractivity contribution in [2.75, 3.05) is 18.9 Å². The third kappa shape index (κ3) is 5.86. The Kier molecular flexibility index (Phi) is 7.75. The van der Waals surface area contributed by atoms with Crippen molar-refractivity contribution in [2.45, 2.75) is 121 Å². The van der Waals surface area contributed by atoms with Crippen molar-refractivity contribution in [1.82, 2.24) is 0 Å². The van der Waals surface area contributed by atoms with Crippen LogP contribution in [-0.4, -0.2) is 41.1 Å². The molecule has 1 aromatic carbocycles. The zero-order valence-electron chi connectivity index (χ0n) is 23.2. The molecule has 34 heavy (non-hydrogen) atoms. The third-order valence-electron chi connectivity index (χ3n) is 9.21. The second-order valence-electron chi connectivity index (χ2n) is 14.0. The first-order chi connectivity index (χ1) is 15.3. The van der Waals surface area contributed by atoms with Crippen LogP contribution in [-0.2, 0) is 13.6 Å². The maximum absolute atomic E-state index is 7.05. The Labute approximate surface area is 219 Å². The Balaban J connectivity index is 1.89. The molecule has 2 bridgehead atoms. The van der Waals surface area contributed by atoms with Crippen molar-refractivity contribution in [1.29, 1.82) is 0 Å². The summed E-state index contributed by atoms with van der Waals surface area (Å²) < 4.78 is 21.6. The van der Waals surface area contributed by atoms with Gasteiger partial charge in [-0.1, -0.05) is 47.6 Å². The van der Waals surface area contributed by atoms with E-state index in [2.05, 4.69) is 95.8 Å². The van der Waals surface area contributed by atoms with Crippen LogP contribution in [0.3, 0.4) is 0 Å². The van der Waals surface area contributed by atoms with E-state index in [0.717, 1.165) is 35.8 Å². The Bertz CT molecular complexity index is 847. The van der Waals surface area contributed by atoms with Gasteiger partial charge in [0.15, 0.2) is 16.6 Å². The number of benzene rings is 1. The van der Waals surface area contributed by atoms with Gasteiger partial charge in [0, 0.05) is 10.2 Å². The van der Waals surface area contributed by atoms with Crippen LogP contribution in [0.2, 0.25) is 36.3 Å². The standard InChI is InChI=1S/C27H48BrNO3Si2/c1-24(2,3)33(7,8)30-18-26-13-14-27(32-26,19-31-34(9,10)25(4,5)6)17-21(16-26)20-11-12-23(29)22(28)15-20/h11-12,15,21H,13-14,16-19,29H2,1-10H3. The topological polar surface area (TPSA) is 53.7 Å². The second kappa shape index (κ2) is 9.28. The molecule has 2 aliphatic rings. The Hall–Kier alpha value is -0.186. The molecule has 7 heteroatoms. The van der Waals surface area contributed by atoms with Crippen LogP contribution in [0.5, 0.6) is 0 Å². The van der Waals surface area contributed by atoms with Gasteiger partial charge >= 0.3 is 0 Å². The van der Waals surface area contributed by atoms with E-state index in [1.165, 1.54) is 5.56 Å². The predicted molar refractivity (Wildman–Crippen MR) is 153 cm³/mol. The highest BCUT2D eigenvalue weighted by Gasteiger charge is 2.57. The van der Waals surface area contributed by atoms with Crippen molar-refractivity contribution >= 4 is 38.3 Å². The lowest BCUT2D eigenvalue weighted by Gasteiger charge is -2.47. The maximum Gasteiger partial charge on any atom is 0.192 e. The summed E-state index contributed by atoms with van der Waals surface area (Å²) in [6.45, 7) is 24.5. The molecule has 2 aliphatic heterocycles.